The van der Waals surface area contributed by atoms with Crippen molar-refractivity contribution in [3.05, 3.63) is 41.4 Å². The van der Waals surface area contributed by atoms with E-state index < -0.39 is 38.6 Å². The van der Waals surface area contributed by atoms with Crippen LogP contribution >= 0.6 is 0 Å². The molecule has 0 saturated heterocycles. The predicted molar refractivity (Wildman–Crippen MR) is 44.3 cm³/mol. The molecule has 0 saturated carbocycles. The van der Waals surface area contributed by atoms with Crippen molar-refractivity contribution in [2.24, 2.45) is 0 Å². The average Bonchev–Trinajstić information content (AvgIpc) is 2.04. The Morgan fingerprint density at radius 2 is 1.64 bits per heavy atom. The van der Waals surface area contributed by atoms with E-state index in [0.29, 0.717) is 12.1 Å². The van der Waals surface area contributed by atoms with Crippen molar-refractivity contribution < 1.29 is 21.6 Å². The highest BCUT2D eigenvalue weighted by Gasteiger charge is 2.17. The van der Waals surface area contributed by atoms with Gasteiger partial charge in [0.15, 0.2) is 21.5 Å². The van der Waals surface area contributed by atoms with Gasteiger partial charge in [-0.25, -0.2) is 21.6 Å². The van der Waals surface area contributed by atoms with E-state index in [4.69, 9.17) is 0 Å². The lowest BCUT2D eigenvalue weighted by Crippen LogP contribution is -2.05. The summed E-state index contributed by atoms with van der Waals surface area (Å²) >= 11 is 0. The molecular formula is C8H6F3O2S. The third kappa shape index (κ3) is 2.47. The quantitative estimate of drug-likeness (QED) is 0.716. The van der Waals surface area contributed by atoms with Gasteiger partial charge in [-0.1, -0.05) is 0 Å². The summed E-state index contributed by atoms with van der Waals surface area (Å²) in [6.45, 7) is 0. The van der Waals surface area contributed by atoms with Gasteiger partial charge in [0, 0.05) is 5.56 Å². The summed E-state index contributed by atoms with van der Waals surface area (Å²) in [5, 5.41) is 0. The van der Waals surface area contributed by atoms with Crippen LogP contribution in [-0.2, 0) is 15.6 Å². The molecule has 0 heterocycles. The normalized spacial score (nSPS) is 11.7. The molecule has 0 aromatic heterocycles. The number of rotatable bonds is 2. The first-order valence-electron chi connectivity index (χ1n) is 3.49. The number of hydrogen-bond donors (Lipinski definition) is 0. The topological polar surface area (TPSA) is 34.1 Å². The highest BCUT2D eigenvalue weighted by atomic mass is 32.2. The maximum absolute atomic E-state index is 12.9. The molecule has 0 bridgehead atoms. The van der Waals surface area contributed by atoms with Gasteiger partial charge in [0.05, 0.1) is 12.0 Å². The van der Waals surface area contributed by atoms with Crippen LogP contribution in [0.5, 0.6) is 0 Å². The van der Waals surface area contributed by atoms with Crippen molar-refractivity contribution in [2.45, 2.75) is 5.75 Å². The van der Waals surface area contributed by atoms with Crippen LogP contribution in [0.2, 0.25) is 0 Å². The second kappa shape index (κ2) is 3.61. The summed E-state index contributed by atoms with van der Waals surface area (Å²) < 4.78 is 59.6. The fourth-order valence-corrected chi connectivity index (χ4v) is 1.63. The van der Waals surface area contributed by atoms with Gasteiger partial charge in [0.2, 0.25) is 0 Å². The zero-order valence-electron chi connectivity index (χ0n) is 6.93. The predicted octanol–water partition coefficient (Wildman–Crippen LogP) is 1.81. The molecule has 0 fully saturated rings. The molecule has 1 aromatic rings. The van der Waals surface area contributed by atoms with Gasteiger partial charge in [0.1, 0.15) is 5.82 Å². The Bertz CT molecular complexity index is 454. The Kier molecular flexibility index (Phi) is 2.84. The maximum Gasteiger partial charge on any atom is 0.165 e. The zero-order chi connectivity index (χ0) is 10.9. The van der Waals surface area contributed by atoms with Crippen molar-refractivity contribution in [3.8, 4) is 0 Å². The van der Waals surface area contributed by atoms with Crippen molar-refractivity contribution >= 4 is 9.84 Å². The zero-order valence-corrected chi connectivity index (χ0v) is 7.74. The van der Waals surface area contributed by atoms with Crippen LogP contribution < -0.4 is 0 Å². The molecule has 1 rings (SSSR count). The van der Waals surface area contributed by atoms with Crippen molar-refractivity contribution in [2.75, 3.05) is 0 Å². The van der Waals surface area contributed by atoms with Crippen LogP contribution in [-0.4, -0.2) is 8.42 Å². The second-order valence-corrected chi connectivity index (χ2v) is 4.49. The monoisotopic (exact) mass is 223 g/mol. The van der Waals surface area contributed by atoms with Crippen LogP contribution in [0.15, 0.2) is 12.1 Å². The van der Waals surface area contributed by atoms with Crippen molar-refractivity contribution in [1.82, 2.24) is 0 Å². The molecule has 0 aliphatic heterocycles. The molecule has 0 aliphatic carbocycles. The van der Waals surface area contributed by atoms with Gasteiger partial charge < -0.3 is 0 Å². The molecule has 77 valence electrons. The number of sulfone groups is 1. The van der Waals surface area contributed by atoms with E-state index in [2.05, 4.69) is 6.26 Å². The molecule has 2 nitrogen and oxygen atoms in total. The van der Waals surface area contributed by atoms with Crippen LogP contribution in [0.25, 0.3) is 0 Å². The largest absolute Gasteiger partial charge is 0.228 e. The van der Waals surface area contributed by atoms with Crippen LogP contribution in [0.1, 0.15) is 5.56 Å². The van der Waals surface area contributed by atoms with Gasteiger partial charge in [-0.05, 0) is 12.1 Å². The molecule has 0 unspecified atom stereocenters. The molecule has 0 amide bonds. The summed E-state index contributed by atoms with van der Waals surface area (Å²) in [6, 6.07) is 1.25. The summed E-state index contributed by atoms with van der Waals surface area (Å²) in [5.41, 5.74) is -0.819. The van der Waals surface area contributed by atoms with Crippen molar-refractivity contribution in [3.63, 3.8) is 0 Å². The first-order valence-corrected chi connectivity index (χ1v) is 5.31. The smallest absolute Gasteiger partial charge is 0.165 e. The summed E-state index contributed by atoms with van der Waals surface area (Å²) in [5.74, 6) is -4.83. The summed E-state index contributed by atoms with van der Waals surface area (Å²) in [7, 11) is -3.84. The first kappa shape index (κ1) is 11.0. The van der Waals surface area contributed by atoms with E-state index in [-0.39, 0.29) is 0 Å². The second-order valence-electron chi connectivity index (χ2n) is 2.71. The van der Waals surface area contributed by atoms with E-state index >= 15 is 0 Å². The fourth-order valence-electron chi connectivity index (χ4n) is 0.921. The molecule has 1 aromatic carbocycles. The molecule has 1 radical (unpaired) electrons. The SMILES string of the molecule is [CH2]S(=O)(=O)Cc1c(F)ccc(F)c1F. The Labute approximate surface area is 79.3 Å². The lowest BCUT2D eigenvalue weighted by Gasteiger charge is -2.03. The Hall–Kier alpha value is -1.04. The summed E-state index contributed by atoms with van der Waals surface area (Å²) in [6.07, 6.45) is 2.69. The molecule has 0 spiro atoms. The number of halogens is 3. The molecule has 0 atom stereocenters. The Morgan fingerprint density at radius 3 is 2.14 bits per heavy atom. The highest BCUT2D eigenvalue weighted by Crippen LogP contribution is 2.18. The number of benzene rings is 1. The maximum atomic E-state index is 12.9. The molecule has 14 heavy (non-hydrogen) atoms. The van der Waals surface area contributed by atoms with Gasteiger partial charge in [0.25, 0.3) is 0 Å². The minimum absolute atomic E-state index is 0.587. The van der Waals surface area contributed by atoms with E-state index in [1.165, 1.54) is 0 Å². The number of hydrogen-bond acceptors (Lipinski definition) is 2. The van der Waals surface area contributed by atoms with Crippen LogP contribution in [0.4, 0.5) is 13.2 Å². The van der Waals surface area contributed by atoms with Gasteiger partial charge in [-0.2, -0.15) is 0 Å². The third-order valence-electron chi connectivity index (χ3n) is 1.50. The minimum atomic E-state index is -3.84. The third-order valence-corrected chi connectivity index (χ3v) is 2.23. The van der Waals surface area contributed by atoms with E-state index in [1.54, 1.807) is 0 Å². The Balaban J connectivity index is 3.27. The Morgan fingerprint density at radius 1 is 1.14 bits per heavy atom. The highest BCUT2D eigenvalue weighted by molar-refractivity contribution is 7.91. The van der Waals surface area contributed by atoms with E-state index in [0.717, 1.165) is 0 Å². The minimum Gasteiger partial charge on any atom is -0.228 e. The first-order chi connectivity index (χ1) is 6.31. The lowest BCUT2D eigenvalue weighted by molar-refractivity contribution is 0.483. The van der Waals surface area contributed by atoms with Crippen LogP contribution in [0, 0.1) is 23.7 Å². The van der Waals surface area contributed by atoms with E-state index in [1.807, 2.05) is 0 Å². The van der Waals surface area contributed by atoms with Gasteiger partial charge in [-0.15, -0.1) is 0 Å². The molecule has 6 heteroatoms. The fraction of sp³-hybridized carbons (Fsp3) is 0.125. The van der Waals surface area contributed by atoms with E-state index in [9.17, 15) is 21.6 Å². The molecule has 0 aliphatic rings. The van der Waals surface area contributed by atoms with Crippen molar-refractivity contribution in [1.29, 1.82) is 0 Å². The summed E-state index contributed by atoms with van der Waals surface area (Å²) in [4.78, 5) is 0. The standard InChI is InChI=1S/C8H6F3O2S/c1-14(12,13)4-5-6(9)2-3-7(10)8(5)11/h2-3H,1,4H2. The average molecular weight is 223 g/mol. The van der Waals surface area contributed by atoms with Crippen LogP contribution in [0.3, 0.4) is 0 Å². The van der Waals surface area contributed by atoms with Gasteiger partial charge in [-0.3, -0.25) is 0 Å². The lowest BCUT2D eigenvalue weighted by atomic mass is 10.2. The molecule has 0 N–H and O–H groups in total. The van der Waals surface area contributed by atoms with Gasteiger partial charge >= 0.3 is 0 Å². The molecular weight excluding hydrogens is 217 g/mol.